The summed E-state index contributed by atoms with van der Waals surface area (Å²) in [5, 5.41) is 7.77. The van der Waals surface area contributed by atoms with Gasteiger partial charge in [-0.05, 0) is 0 Å². The largest absolute Gasteiger partial charge is 0.387 e. The third kappa shape index (κ3) is 3.62. The van der Waals surface area contributed by atoms with Crippen LogP contribution >= 0.6 is 0 Å². The third-order valence-corrected chi connectivity index (χ3v) is 0.606. The fourth-order valence-electron chi connectivity index (χ4n) is 0.256. The van der Waals surface area contributed by atoms with Gasteiger partial charge in [-0.3, -0.25) is 4.74 Å². The molecule has 0 amide bonds. The van der Waals surface area contributed by atoms with Crippen LogP contribution in [0.1, 0.15) is 0 Å². The summed E-state index contributed by atoms with van der Waals surface area (Å²) in [5.74, 6) is 0. The Kier molecular flexibility index (Phi) is 3.59. The molecule has 0 aliphatic rings. The Bertz CT molecular complexity index is 97.3. The number of hydrogen-bond acceptors (Lipinski definition) is 2. The molecule has 6 heteroatoms. The summed E-state index contributed by atoms with van der Waals surface area (Å²) in [7, 11) is 0. The minimum atomic E-state index is -3.99. The average Bonchev–Trinajstić information content (AvgIpc) is 1.87. The highest BCUT2D eigenvalue weighted by molar-refractivity contribution is 4.49. The first-order chi connectivity index (χ1) is 4.52. The molecule has 1 atom stereocenters. The SMILES string of the molecule is OCC(F)(F)OC(F)CF. The van der Waals surface area contributed by atoms with Crippen molar-refractivity contribution in [3.8, 4) is 0 Å². The third-order valence-electron chi connectivity index (χ3n) is 0.606. The highest BCUT2D eigenvalue weighted by atomic mass is 19.3. The molecule has 2 nitrogen and oxygen atoms in total. The first-order valence-electron chi connectivity index (χ1n) is 2.38. The minimum absolute atomic E-state index is 1.66. The van der Waals surface area contributed by atoms with E-state index in [1.165, 1.54) is 0 Å². The maximum Gasteiger partial charge on any atom is 0.381 e. The maximum absolute atomic E-state index is 11.7. The maximum atomic E-state index is 11.7. The second-order valence-corrected chi connectivity index (χ2v) is 1.48. The van der Waals surface area contributed by atoms with Crippen molar-refractivity contribution in [2.24, 2.45) is 0 Å². The molecular weight excluding hydrogens is 156 g/mol. The van der Waals surface area contributed by atoms with Crippen molar-refractivity contribution in [2.75, 3.05) is 13.3 Å². The van der Waals surface area contributed by atoms with E-state index in [0.717, 1.165) is 0 Å². The van der Waals surface area contributed by atoms with Crippen molar-refractivity contribution in [2.45, 2.75) is 12.5 Å². The van der Waals surface area contributed by atoms with Crippen LogP contribution < -0.4 is 0 Å². The van der Waals surface area contributed by atoms with Gasteiger partial charge in [0.1, 0.15) is 13.3 Å². The van der Waals surface area contributed by atoms with Gasteiger partial charge in [-0.25, -0.2) is 8.78 Å². The lowest BCUT2D eigenvalue weighted by molar-refractivity contribution is -0.303. The molecule has 0 aromatic carbocycles. The van der Waals surface area contributed by atoms with Crippen LogP contribution in [0.2, 0.25) is 0 Å². The lowest BCUT2D eigenvalue weighted by atomic mass is 10.6. The molecule has 0 saturated carbocycles. The van der Waals surface area contributed by atoms with Gasteiger partial charge in [-0.2, -0.15) is 8.78 Å². The number of aliphatic hydroxyl groups excluding tert-OH is 1. The lowest BCUT2D eigenvalue weighted by Crippen LogP contribution is -2.30. The predicted molar refractivity (Wildman–Crippen MR) is 24.0 cm³/mol. The van der Waals surface area contributed by atoms with Crippen molar-refractivity contribution in [3.05, 3.63) is 0 Å². The van der Waals surface area contributed by atoms with E-state index in [9.17, 15) is 17.6 Å². The number of ether oxygens (including phenoxy) is 1. The van der Waals surface area contributed by atoms with Crippen molar-refractivity contribution >= 4 is 0 Å². The molecular formula is C4H6F4O2. The molecule has 1 unspecified atom stereocenters. The Balaban J connectivity index is 3.64. The topological polar surface area (TPSA) is 29.5 Å². The molecule has 0 aliphatic carbocycles. The lowest BCUT2D eigenvalue weighted by Gasteiger charge is -2.14. The second-order valence-electron chi connectivity index (χ2n) is 1.48. The number of rotatable bonds is 4. The summed E-state index contributed by atoms with van der Waals surface area (Å²) < 4.78 is 49.3. The summed E-state index contributed by atoms with van der Waals surface area (Å²) in [5.41, 5.74) is 0. The van der Waals surface area contributed by atoms with Crippen LogP contribution in [0.25, 0.3) is 0 Å². The highest BCUT2D eigenvalue weighted by Crippen LogP contribution is 2.17. The second kappa shape index (κ2) is 3.72. The first kappa shape index (κ1) is 9.64. The normalized spacial score (nSPS) is 15.3. The Morgan fingerprint density at radius 1 is 1.50 bits per heavy atom. The smallest absolute Gasteiger partial charge is 0.381 e. The zero-order chi connectivity index (χ0) is 8.20. The molecule has 0 fully saturated rings. The Labute approximate surface area is 54.4 Å². The number of aliphatic hydroxyl groups is 1. The minimum Gasteiger partial charge on any atom is -0.387 e. The summed E-state index contributed by atoms with van der Waals surface area (Å²) in [4.78, 5) is 0. The van der Waals surface area contributed by atoms with E-state index in [1.54, 1.807) is 0 Å². The molecule has 0 aliphatic heterocycles. The van der Waals surface area contributed by atoms with Crippen LogP contribution in [0, 0.1) is 0 Å². The van der Waals surface area contributed by atoms with Gasteiger partial charge in [0.05, 0.1) is 0 Å². The quantitative estimate of drug-likeness (QED) is 0.621. The fourth-order valence-corrected chi connectivity index (χ4v) is 0.256. The van der Waals surface area contributed by atoms with E-state index < -0.39 is 25.7 Å². The van der Waals surface area contributed by atoms with Gasteiger partial charge in [0.15, 0.2) is 0 Å². The van der Waals surface area contributed by atoms with Gasteiger partial charge < -0.3 is 5.11 Å². The van der Waals surface area contributed by atoms with E-state index in [0.29, 0.717) is 0 Å². The van der Waals surface area contributed by atoms with Crippen molar-refractivity contribution in [1.82, 2.24) is 0 Å². The van der Waals surface area contributed by atoms with E-state index in [-0.39, 0.29) is 0 Å². The summed E-state index contributed by atoms with van der Waals surface area (Å²) >= 11 is 0. The first-order valence-corrected chi connectivity index (χ1v) is 2.38. The molecule has 0 spiro atoms. The summed E-state index contributed by atoms with van der Waals surface area (Å²) in [6.45, 7) is -3.32. The van der Waals surface area contributed by atoms with Crippen LogP contribution in [0.5, 0.6) is 0 Å². The van der Waals surface area contributed by atoms with Crippen LogP contribution in [0.3, 0.4) is 0 Å². The monoisotopic (exact) mass is 162 g/mol. The molecule has 0 aromatic heterocycles. The molecule has 62 valence electrons. The standard InChI is InChI=1S/C4H6F4O2/c5-1-3(6)10-4(7,8)2-9/h3,9H,1-2H2. The van der Waals surface area contributed by atoms with Gasteiger partial charge in [-0.1, -0.05) is 0 Å². The Morgan fingerprint density at radius 3 is 2.30 bits per heavy atom. The zero-order valence-corrected chi connectivity index (χ0v) is 4.86. The van der Waals surface area contributed by atoms with Crippen LogP contribution in [-0.2, 0) is 4.74 Å². The van der Waals surface area contributed by atoms with Gasteiger partial charge in [0, 0.05) is 0 Å². The molecule has 0 saturated heterocycles. The number of hydrogen-bond donors (Lipinski definition) is 1. The van der Waals surface area contributed by atoms with E-state index in [4.69, 9.17) is 5.11 Å². The van der Waals surface area contributed by atoms with Gasteiger partial charge >= 0.3 is 6.11 Å². The highest BCUT2D eigenvalue weighted by Gasteiger charge is 2.32. The van der Waals surface area contributed by atoms with Gasteiger partial charge in [-0.15, -0.1) is 0 Å². The van der Waals surface area contributed by atoms with Crippen molar-refractivity contribution < 1.29 is 27.4 Å². The Hall–Kier alpha value is -0.360. The summed E-state index contributed by atoms with van der Waals surface area (Å²) in [6, 6.07) is 0. The van der Waals surface area contributed by atoms with Crippen LogP contribution in [0.4, 0.5) is 17.6 Å². The molecule has 0 aromatic rings. The van der Waals surface area contributed by atoms with Crippen molar-refractivity contribution in [3.63, 3.8) is 0 Å². The molecule has 0 bridgehead atoms. The molecule has 0 radical (unpaired) electrons. The van der Waals surface area contributed by atoms with E-state index >= 15 is 0 Å². The number of alkyl halides is 4. The van der Waals surface area contributed by atoms with Gasteiger partial charge in [0.2, 0.25) is 6.36 Å². The van der Waals surface area contributed by atoms with Gasteiger partial charge in [0.25, 0.3) is 0 Å². The zero-order valence-electron chi connectivity index (χ0n) is 4.86. The Morgan fingerprint density at radius 2 is 2.00 bits per heavy atom. The summed E-state index contributed by atoms with van der Waals surface area (Å²) in [6.07, 6.45) is -6.67. The molecule has 10 heavy (non-hydrogen) atoms. The average molecular weight is 162 g/mol. The van der Waals surface area contributed by atoms with Crippen molar-refractivity contribution in [1.29, 1.82) is 0 Å². The molecule has 0 heterocycles. The van der Waals surface area contributed by atoms with Crippen LogP contribution in [0.15, 0.2) is 0 Å². The molecule has 1 N–H and O–H groups in total. The van der Waals surface area contributed by atoms with E-state index in [1.807, 2.05) is 0 Å². The van der Waals surface area contributed by atoms with Crippen LogP contribution in [-0.4, -0.2) is 30.9 Å². The molecule has 0 rings (SSSR count). The predicted octanol–water partition coefficient (Wildman–Crippen LogP) is 0.853. The fraction of sp³-hybridized carbons (Fsp3) is 1.00. The van der Waals surface area contributed by atoms with E-state index in [2.05, 4.69) is 4.74 Å². The number of halogens is 4.